The lowest BCUT2D eigenvalue weighted by Crippen LogP contribution is -2.41. The zero-order valence-corrected chi connectivity index (χ0v) is 8.30. The van der Waals surface area contributed by atoms with Gasteiger partial charge in [0.2, 0.25) is 5.91 Å². The number of rotatable bonds is 4. The molecule has 0 bridgehead atoms. The molecule has 0 saturated heterocycles. The second-order valence-corrected chi connectivity index (χ2v) is 3.93. The average Bonchev–Trinajstić information content (AvgIpc) is 1.78. The molecule has 74 valence electrons. The second-order valence-electron chi connectivity index (χ2n) is 3.93. The van der Waals surface area contributed by atoms with Crippen LogP contribution in [0.3, 0.4) is 0 Å². The van der Waals surface area contributed by atoms with Crippen LogP contribution in [0, 0.1) is 5.92 Å². The van der Waals surface area contributed by atoms with Crippen molar-refractivity contribution in [3.63, 3.8) is 0 Å². The van der Waals surface area contributed by atoms with Gasteiger partial charge >= 0.3 is 0 Å². The van der Waals surface area contributed by atoms with Crippen molar-refractivity contribution in [3.05, 3.63) is 0 Å². The van der Waals surface area contributed by atoms with Gasteiger partial charge in [-0.1, -0.05) is 6.42 Å². The van der Waals surface area contributed by atoms with Crippen molar-refractivity contribution < 1.29 is 9.59 Å². The van der Waals surface area contributed by atoms with Gasteiger partial charge in [-0.05, 0) is 32.6 Å². The van der Waals surface area contributed by atoms with E-state index in [4.69, 9.17) is 0 Å². The largest absolute Gasteiger partial charge is 0.353 e. The predicted octanol–water partition coefficient (Wildman–Crippen LogP) is 1.27. The molecule has 0 heterocycles. The molecule has 0 aromatic carbocycles. The van der Waals surface area contributed by atoms with Gasteiger partial charge in [-0.15, -0.1) is 0 Å². The van der Waals surface area contributed by atoms with E-state index in [1.54, 1.807) is 0 Å². The molecule has 0 spiro atoms. The maximum atomic E-state index is 11.2. The molecule has 13 heavy (non-hydrogen) atoms. The zero-order chi connectivity index (χ0) is 9.84. The van der Waals surface area contributed by atoms with Crippen LogP contribution < -0.4 is 5.32 Å². The Labute approximate surface area is 78.9 Å². The third kappa shape index (κ3) is 3.17. The van der Waals surface area contributed by atoms with Crippen LogP contribution in [0.2, 0.25) is 0 Å². The molecule has 1 N–H and O–H groups in total. The Bertz CT molecular complexity index is 209. The summed E-state index contributed by atoms with van der Waals surface area (Å²) in [6.45, 7) is 3.45. The molecule has 1 atom stereocenters. The topological polar surface area (TPSA) is 46.2 Å². The van der Waals surface area contributed by atoms with E-state index in [1.807, 2.05) is 6.92 Å². The summed E-state index contributed by atoms with van der Waals surface area (Å²) in [4.78, 5) is 21.8. The number of carbonyl (C=O) groups is 2. The smallest absolute Gasteiger partial charge is 0.227 e. The Hall–Kier alpha value is -0.860. The highest BCUT2D eigenvalue weighted by atomic mass is 16.2. The minimum Gasteiger partial charge on any atom is -0.353 e. The Kier molecular flexibility index (Phi) is 3.46. The number of hydrogen-bond acceptors (Lipinski definition) is 2. The molecule has 0 radical (unpaired) electrons. The molecule has 1 fully saturated rings. The third-order valence-electron chi connectivity index (χ3n) is 2.66. The SMILES string of the molecule is CC(=O)CC(=O)NC(C)C1CCC1. The van der Waals surface area contributed by atoms with Crippen molar-refractivity contribution in [2.45, 2.75) is 45.6 Å². The number of Topliss-reactive ketones (excluding diaryl/α,β-unsaturated/α-hetero) is 1. The Morgan fingerprint density at radius 2 is 2.08 bits per heavy atom. The van der Waals surface area contributed by atoms with Crippen LogP contribution in [0.4, 0.5) is 0 Å². The second kappa shape index (κ2) is 4.40. The van der Waals surface area contributed by atoms with Crippen molar-refractivity contribution in [2.24, 2.45) is 5.92 Å². The summed E-state index contributed by atoms with van der Waals surface area (Å²) in [6.07, 6.45) is 3.72. The highest BCUT2D eigenvalue weighted by Gasteiger charge is 2.24. The van der Waals surface area contributed by atoms with Gasteiger partial charge < -0.3 is 5.32 Å². The van der Waals surface area contributed by atoms with Crippen LogP contribution in [-0.4, -0.2) is 17.7 Å². The fourth-order valence-corrected chi connectivity index (χ4v) is 1.59. The van der Waals surface area contributed by atoms with E-state index in [-0.39, 0.29) is 24.2 Å². The number of ketones is 1. The monoisotopic (exact) mass is 183 g/mol. The molecule has 1 saturated carbocycles. The van der Waals surface area contributed by atoms with E-state index < -0.39 is 0 Å². The summed E-state index contributed by atoms with van der Waals surface area (Å²) >= 11 is 0. The van der Waals surface area contributed by atoms with Crippen LogP contribution in [-0.2, 0) is 9.59 Å². The highest BCUT2D eigenvalue weighted by Crippen LogP contribution is 2.29. The van der Waals surface area contributed by atoms with Crippen LogP contribution in [0.5, 0.6) is 0 Å². The number of nitrogens with one attached hydrogen (secondary N) is 1. The quantitative estimate of drug-likeness (QED) is 0.667. The Balaban J connectivity index is 2.22. The first-order valence-corrected chi connectivity index (χ1v) is 4.88. The summed E-state index contributed by atoms with van der Waals surface area (Å²) in [5.41, 5.74) is 0. The lowest BCUT2D eigenvalue weighted by Gasteiger charge is -2.31. The molecule has 3 nitrogen and oxygen atoms in total. The van der Waals surface area contributed by atoms with Crippen molar-refractivity contribution in [3.8, 4) is 0 Å². The number of amides is 1. The van der Waals surface area contributed by atoms with Gasteiger partial charge in [-0.25, -0.2) is 0 Å². The highest BCUT2D eigenvalue weighted by molar-refractivity contribution is 5.96. The summed E-state index contributed by atoms with van der Waals surface area (Å²) in [7, 11) is 0. The lowest BCUT2D eigenvalue weighted by molar-refractivity contribution is -0.127. The third-order valence-corrected chi connectivity index (χ3v) is 2.66. The van der Waals surface area contributed by atoms with Crippen molar-refractivity contribution in [2.75, 3.05) is 0 Å². The molecular formula is C10H17NO2. The molecular weight excluding hydrogens is 166 g/mol. The minimum atomic E-state index is -0.133. The Morgan fingerprint density at radius 1 is 1.46 bits per heavy atom. The van der Waals surface area contributed by atoms with Crippen molar-refractivity contribution in [1.82, 2.24) is 5.32 Å². The molecule has 1 unspecified atom stereocenters. The Morgan fingerprint density at radius 3 is 2.46 bits per heavy atom. The molecule has 0 aromatic rings. The maximum Gasteiger partial charge on any atom is 0.227 e. The summed E-state index contributed by atoms with van der Waals surface area (Å²) in [6, 6.07) is 0.237. The maximum absolute atomic E-state index is 11.2. The van der Waals surface area contributed by atoms with E-state index in [9.17, 15) is 9.59 Å². The molecule has 0 aliphatic heterocycles. The fraction of sp³-hybridized carbons (Fsp3) is 0.800. The summed E-state index contributed by atoms with van der Waals surface area (Å²) in [5.74, 6) is 0.432. The van der Waals surface area contributed by atoms with Gasteiger partial charge in [-0.3, -0.25) is 9.59 Å². The van der Waals surface area contributed by atoms with Crippen LogP contribution in [0.25, 0.3) is 0 Å². The predicted molar refractivity (Wildman–Crippen MR) is 50.2 cm³/mol. The molecule has 3 heteroatoms. The molecule has 1 rings (SSSR count). The van der Waals surface area contributed by atoms with E-state index in [0.29, 0.717) is 5.92 Å². The molecule has 0 aromatic heterocycles. The fourth-order valence-electron chi connectivity index (χ4n) is 1.59. The normalized spacial score (nSPS) is 18.9. The van der Waals surface area contributed by atoms with E-state index >= 15 is 0 Å². The molecule has 1 aliphatic carbocycles. The molecule has 1 amide bonds. The lowest BCUT2D eigenvalue weighted by atomic mass is 9.80. The van der Waals surface area contributed by atoms with E-state index in [0.717, 1.165) is 0 Å². The zero-order valence-electron chi connectivity index (χ0n) is 8.30. The van der Waals surface area contributed by atoms with Gasteiger partial charge in [0.1, 0.15) is 5.78 Å². The van der Waals surface area contributed by atoms with E-state index in [1.165, 1.54) is 26.2 Å². The summed E-state index contributed by atoms with van der Waals surface area (Å²) < 4.78 is 0. The molecule has 1 aliphatic rings. The minimum absolute atomic E-state index is 0.0249. The van der Waals surface area contributed by atoms with Gasteiger partial charge in [0.05, 0.1) is 6.42 Å². The van der Waals surface area contributed by atoms with Crippen LogP contribution >= 0.6 is 0 Å². The number of hydrogen-bond donors (Lipinski definition) is 1. The standard InChI is InChI=1S/C10H17NO2/c1-7(12)6-10(13)11-8(2)9-4-3-5-9/h8-9H,3-6H2,1-2H3,(H,11,13). The van der Waals surface area contributed by atoms with Crippen LogP contribution in [0.1, 0.15) is 39.5 Å². The van der Waals surface area contributed by atoms with Gasteiger partial charge in [0.25, 0.3) is 0 Å². The first kappa shape index (κ1) is 10.2. The van der Waals surface area contributed by atoms with Gasteiger partial charge in [0.15, 0.2) is 0 Å². The van der Waals surface area contributed by atoms with Gasteiger partial charge in [-0.2, -0.15) is 0 Å². The van der Waals surface area contributed by atoms with Crippen LogP contribution in [0.15, 0.2) is 0 Å². The van der Waals surface area contributed by atoms with E-state index in [2.05, 4.69) is 5.32 Å². The first-order valence-electron chi connectivity index (χ1n) is 4.88. The first-order chi connectivity index (χ1) is 6.09. The number of carbonyl (C=O) groups excluding carboxylic acids is 2. The van der Waals surface area contributed by atoms with Gasteiger partial charge in [0, 0.05) is 6.04 Å². The summed E-state index contributed by atoms with van der Waals surface area (Å²) in [5, 5.41) is 2.85. The average molecular weight is 183 g/mol. The van der Waals surface area contributed by atoms with Crippen molar-refractivity contribution in [1.29, 1.82) is 0 Å². The van der Waals surface area contributed by atoms with Crippen molar-refractivity contribution >= 4 is 11.7 Å².